The Bertz CT molecular complexity index is 362. The Balaban J connectivity index is 1.83. The SMILES string of the molecule is CCNCC(C)COc1ccc2c(c1)CCC2. The van der Waals surface area contributed by atoms with Gasteiger partial charge in [-0.25, -0.2) is 0 Å². The van der Waals surface area contributed by atoms with Gasteiger partial charge < -0.3 is 10.1 Å². The Labute approximate surface area is 104 Å². The summed E-state index contributed by atoms with van der Waals surface area (Å²) >= 11 is 0. The maximum atomic E-state index is 5.85. The molecule has 0 amide bonds. The molecule has 1 unspecified atom stereocenters. The van der Waals surface area contributed by atoms with Crippen LogP contribution in [0.25, 0.3) is 0 Å². The van der Waals surface area contributed by atoms with E-state index < -0.39 is 0 Å². The van der Waals surface area contributed by atoms with Gasteiger partial charge in [0.25, 0.3) is 0 Å². The van der Waals surface area contributed by atoms with Crippen molar-refractivity contribution in [3.63, 3.8) is 0 Å². The number of fused-ring (bicyclic) bond motifs is 1. The molecular formula is C15H23NO. The molecule has 1 aromatic rings. The molecule has 1 aliphatic rings. The number of benzene rings is 1. The van der Waals surface area contributed by atoms with E-state index in [1.165, 1.54) is 30.4 Å². The van der Waals surface area contributed by atoms with Crippen LogP contribution in [0.5, 0.6) is 5.75 Å². The summed E-state index contributed by atoms with van der Waals surface area (Å²) in [6.07, 6.45) is 3.77. The van der Waals surface area contributed by atoms with E-state index >= 15 is 0 Å². The number of rotatable bonds is 6. The van der Waals surface area contributed by atoms with Crippen molar-refractivity contribution in [1.29, 1.82) is 0 Å². The number of aryl methyl sites for hydroxylation is 2. The molecule has 0 fully saturated rings. The van der Waals surface area contributed by atoms with Crippen molar-refractivity contribution in [2.24, 2.45) is 5.92 Å². The molecule has 17 heavy (non-hydrogen) atoms. The van der Waals surface area contributed by atoms with Crippen LogP contribution in [0, 0.1) is 5.92 Å². The number of nitrogens with one attached hydrogen (secondary N) is 1. The molecule has 0 saturated carbocycles. The zero-order valence-electron chi connectivity index (χ0n) is 11.0. The van der Waals surface area contributed by atoms with Gasteiger partial charge in [-0.1, -0.05) is 19.9 Å². The molecule has 0 radical (unpaired) electrons. The van der Waals surface area contributed by atoms with Crippen LogP contribution >= 0.6 is 0 Å². The van der Waals surface area contributed by atoms with Crippen LogP contribution in [-0.4, -0.2) is 19.7 Å². The van der Waals surface area contributed by atoms with Crippen LogP contribution in [-0.2, 0) is 12.8 Å². The second-order valence-electron chi connectivity index (χ2n) is 5.01. The third-order valence-electron chi connectivity index (χ3n) is 3.35. The van der Waals surface area contributed by atoms with Gasteiger partial charge >= 0.3 is 0 Å². The molecule has 2 nitrogen and oxygen atoms in total. The minimum atomic E-state index is 0.559. The normalized spacial score (nSPS) is 15.6. The summed E-state index contributed by atoms with van der Waals surface area (Å²) in [6.45, 7) is 7.21. The van der Waals surface area contributed by atoms with Gasteiger partial charge in [0.1, 0.15) is 5.75 Å². The molecule has 0 heterocycles. The molecular weight excluding hydrogens is 210 g/mol. The van der Waals surface area contributed by atoms with Gasteiger partial charge in [0, 0.05) is 12.5 Å². The average Bonchev–Trinajstić information content (AvgIpc) is 2.81. The molecule has 0 bridgehead atoms. The number of hydrogen-bond donors (Lipinski definition) is 1. The predicted octanol–water partition coefficient (Wildman–Crippen LogP) is 2.80. The van der Waals surface area contributed by atoms with E-state index in [0.29, 0.717) is 5.92 Å². The first-order valence-corrected chi connectivity index (χ1v) is 6.75. The molecule has 1 atom stereocenters. The quantitative estimate of drug-likeness (QED) is 0.816. The van der Waals surface area contributed by atoms with Crippen molar-refractivity contribution in [2.45, 2.75) is 33.1 Å². The van der Waals surface area contributed by atoms with Gasteiger partial charge in [0.2, 0.25) is 0 Å². The van der Waals surface area contributed by atoms with E-state index in [4.69, 9.17) is 4.74 Å². The van der Waals surface area contributed by atoms with E-state index in [1.54, 1.807) is 0 Å². The van der Waals surface area contributed by atoms with E-state index in [1.807, 2.05) is 0 Å². The predicted molar refractivity (Wildman–Crippen MR) is 71.7 cm³/mol. The summed E-state index contributed by atoms with van der Waals surface area (Å²) in [4.78, 5) is 0. The minimum absolute atomic E-state index is 0.559. The molecule has 1 N–H and O–H groups in total. The second kappa shape index (κ2) is 6.06. The molecule has 0 spiro atoms. The molecule has 2 rings (SSSR count). The Hall–Kier alpha value is -1.02. The molecule has 1 aromatic carbocycles. The van der Waals surface area contributed by atoms with E-state index in [-0.39, 0.29) is 0 Å². The lowest BCUT2D eigenvalue weighted by molar-refractivity contribution is 0.256. The van der Waals surface area contributed by atoms with Crippen LogP contribution < -0.4 is 10.1 Å². The summed E-state index contributed by atoms with van der Waals surface area (Å²) in [5.74, 6) is 1.59. The molecule has 0 saturated heterocycles. The van der Waals surface area contributed by atoms with Crippen molar-refractivity contribution in [2.75, 3.05) is 19.7 Å². The van der Waals surface area contributed by atoms with Crippen LogP contribution in [0.15, 0.2) is 18.2 Å². The maximum absolute atomic E-state index is 5.85. The molecule has 0 aliphatic heterocycles. The van der Waals surface area contributed by atoms with Gasteiger partial charge in [-0.2, -0.15) is 0 Å². The lowest BCUT2D eigenvalue weighted by atomic mass is 10.1. The van der Waals surface area contributed by atoms with Crippen LogP contribution in [0.4, 0.5) is 0 Å². The minimum Gasteiger partial charge on any atom is -0.493 e. The van der Waals surface area contributed by atoms with E-state index in [9.17, 15) is 0 Å². The fourth-order valence-electron chi connectivity index (χ4n) is 2.33. The van der Waals surface area contributed by atoms with Gasteiger partial charge in [-0.05, 0) is 49.1 Å². The van der Waals surface area contributed by atoms with E-state index in [0.717, 1.165) is 25.4 Å². The maximum Gasteiger partial charge on any atom is 0.119 e. The van der Waals surface area contributed by atoms with Crippen molar-refractivity contribution < 1.29 is 4.74 Å². The lowest BCUT2D eigenvalue weighted by Crippen LogP contribution is -2.24. The first-order chi connectivity index (χ1) is 8.29. The highest BCUT2D eigenvalue weighted by Crippen LogP contribution is 2.26. The third kappa shape index (κ3) is 3.47. The van der Waals surface area contributed by atoms with Crippen LogP contribution in [0.3, 0.4) is 0 Å². The highest BCUT2D eigenvalue weighted by molar-refractivity contribution is 5.38. The van der Waals surface area contributed by atoms with Crippen LogP contribution in [0.1, 0.15) is 31.4 Å². The Morgan fingerprint density at radius 1 is 1.29 bits per heavy atom. The van der Waals surface area contributed by atoms with Crippen molar-refractivity contribution >= 4 is 0 Å². The monoisotopic (exact) mass is 233 g/mol. The summed E-state index contributed by atoms with van der Waals surface area (Å²) in [7, 11) is 0. The Kier molecular flexibility index (Phi) is 4.43. The average molecular weight is 233 g/mol. The fraction of sp³-hybridized carbons (Fsp3) is 0.600. The highest BCUT2D eigenvalue weighted by Gasteiger charge is 2.11. The standard InChI is InChI=1S/C15H23NO/c1-3-16-10-12(2)11-17-15-8-7-13-5-4-6-14(13)9-15/h7-9,12,16H,3-6,10-11H2,1-2H3. The topological polar surface area (TPSA) is 21.3 Å². The van der Waals surface area contributed by atoms with Crippen molar-refractivity contribution in [1.82, 2.24) is 5.32 Å². The molecule has 0 aromatic heterocycles. The van der Waals surface area contributed by atoms with Crippen molar-refractivity contribution in [3.8, 4) is 5.75 Å². The molecule has 94 valence electrons. The van der Waals surface area contributed by atoms with Gasteiger partial charge in [0.05, 0.1) is 6.61 Å². The summed E-state index contributed by atoms with van der Waals surface area (Å²) in [6, 6.07) is 6.57. The first kappa shape index (κ1) is 12.4. The second-order valence-corrected chi connectivity index (χ2v) is 5.01. The van der Waals surface area contributed by atoms with Gasteiger partial charge in [-0.3, -0.25) is 0 Å². The zero-order chi connectivity index (χ0) is 12.1. The summed E-state index contributed by atoms with van der Waals surface area (Å²) < 4.78 is 5.85. The van der Waals surface area contributed by atoms with Gasteiger partial charge in [-0.15, -0.1) is 0 Å². The van der Waals surface area contributed by atoms with Gasteiger partial charge in [0.15, 0.2) is 0 Å². The van der Waals surface area contributed by atoms with E-state index in [2.05, 4.69) is 37.4 Å². The first-order valence-electron chi connectivity index (χ1n) is 6.75. The zero-order valence-corrected chi connectivity index (χ0v) is 11.0. The number of ether oxygens (including phenoxy) is 1. The van der Waals surface area contributed by atoms with Crippen molar-refractivity contribution in [3.05, 3.63) is 29.3 Å². The fourth-order valence-corrected chi connectivity index (χ4v) is 2.33. The number of hydrogen-bond acceptors (Lipinski definition) is 2. The lowest BCUT2D eigenvalue weighted by Gasteiger charge is -2.14. The largest absolute Gasteiger partial charge is 0.493 e. The molecule has 1 aliphatic carbocycles. The Morgan fingerprint density at radius 2 is 2.12 bits per heavy atom. The Morgan fingerprint density at radius 3 is 2.94 bits per heavy atom. The van der Waals surface area contributed by atoms with Crippen LogP contribution in [0.2, 0.25) is 0 Å². The molecule has 2 heteroatoms. The summed E-state index contributed by atoms with van der Waals surface area (Å²) in [5, 5.41) is 3.35. The highest BCUT2D eigenvalue weighted by atomic mass is 16.5. The third-order valence-corrected chi connectivity index (χ3v) is 3.35. The smallest absolute Gasteiger partial charge is 0.119 e. The summed E-state index contributed by atoms with van der Waals surface area (Å²) in [5.41, 5.74) is 3.00.